The van der Waals surface area contributed by atoms with E-state index < -0.39 is 0 Å². The highest BCUT2D eigenvalue weighted by Crippen LogP contribution is 2.47. The van der Waals surface area contributed by atoms with Crippen LogP contribution in [-0.4, -0.2) is 30.4 Å². The first kappa shape index (κ1) is 13.4. The monoisotopic (exact) mass is 264 g/mol. The molecule has 0 radical (unpaired) electrons. The van der Waals surface area contributed by atoms with Gasteiger partial charge in [0.25, 0.3) is 0 Å². The zero-order valence-electron chi connectivity index (χ0n) is 12.1. The standard InChI is InChI=1S/C16H28N2O/c17-13-16(7-4-8-16)14(19)18-11-9-15(10-12-18)5-2-1-3-6-15/h1-13,17H2. The van der Waals surface area contributed by atoms with Gasteiger partial charge in [-0.1, -0.05) is 25.7 Å². The minimum atomic E-state index is -0.170. The van der Waals surface area contributed by atoms with Crippen LogP contribution in [0.4, 0.5) is 0 Å². The van der Waals surface area contributed by atoms with Gasteiger partial charge in [-0.05, 0) is 43.9 Å². The zero-order valence-corrected chi connectivity index (χ0v) is 12.1. The lowest BCUT2D eigenvalue weighted by molar-refractivity contribution is -0.149. The third-order valence-corrected chi connectivity index (χ3v) is 6.18. The number of carbonyl (C=O) groups is 1. The van der Waals surface area contributed by atoms with Gasteiger partial charge in [0.15, 0.2) is 0 Å². The third-order valence-electron chi connectivity index (χ3n) is 6.18. The van der Waals surface area contributed by atoms with Crippen LogP contribution in [-0.2, 0) is 4.79 Å². The van der Waals surface area contributed by atoms with E-state index in [0.29, 0.717) is 17.9 Å². The van der Waals surface area contributed by atoms with Gasteiger partial charge in [0.05, 0.1) is 5.41 Å². The fraction of sp³-hybridized carbons (Fsp3) is 0.938. The fourth-order valence-corrected chi connectivity index (χ4v) is 4.43. The molecule has 108 valence electrons. The molecule has 3 heteroatoms. The first-order valence-corrected chi connectivity index (χ1v) is 8.19. The van der Waals surface area contributed by atoms with E-state index in [4.69, 9.17) is 5.73 Å². The summed E-state index contributed by atoms with van der Waals surface area (Å²) in [5.41, 5.74) is 6.28. The molecule has 2 saturated carbocycles. The highest BCUT2D eigenvalue weighted by Gasteiger charge is 2.46. The maximum atomic E-state index is 12.7. The van der Waals surface area contributed by atoms with E-state index in [0.717, 1.165) is 25.9 Å². The molecule has 1 saturated heterocycles. The van der Waals surface area contributed by atoms with Crippen molar-refractivity contribution in [2.24, 2.45) is 16.6 Å². The molecule has 3 fully saturated rings. The van der Waals surface area contributed by atoms with Gasteiger partial charge >= 0.3 is 0 Å². The Balaban J connectivity index is 1.59. The summed E-state index contributed by atoms with van der Waals surface area (Å²) in [5.74, 6) is 0.368. The van der Waals surface area contributed by atoms with Crippen LogP contribution in [0.2, 0.25) is 0 Å². The molecule has 1 aliphatic heterocycles. The Kier molecular flexibility index (Phi) is 3.59. The van der Waals surface area contributed by atoms with Crippen molar-refractivity contribution >= 4 is 5.91 Å². The van der Waals surface area contributed by atoms with Crippen LogP contribution in [0.1, 0.15) is 64.2 Å². The predicted octanol–water partition coefficient (Wildman–Crippen LogP) is 2.69. The van der Waals surface area contributed by atoms with Crippen LogP contribution in [0.5, 0.6) is 0 Å². The summed E-state index contributed by atoms with van der Waals surface area (Å²) in [5, 5.41) is 0. The summed E-state index contributed by atoms with van der Waals surface area (Å²) in [4.78, 5) is 14.8. The molecule has 0 aromatic carbocycles. The van der Waals surface area contributed by atoms with Crippen LogP contribution >= 0.6 is 0 Å². The SMILES string of the molecule is NCC1(C(=O)N2CCC3(CCCCC3)CC2)CCC1. The van der Waals surface area contributed by atoms with Crippen LogP contribution in [0, 0.1) is 10.8 Å². The Morgan fingerprint density at radius 3 is 2.00 bits per heavy atom. The lowest BCUT2D eigenvalue weighted by Gasteiger charge is -2.48. The number of amides is 1. The highest BCUT2D eigenvalue weighted by atomic mass is 16.2. The van der Waals surface area contributed by atoms with E-state index in [9.17, 15) is 4.79 Å². The molecule has 2 aliphatic carbocycles. The molecule has 0 aromatic rings. The van der Waals surface area contributed by atoms with Gasteiger partial charge in [-0.15, -0.1) is 0 Å². The molecule has 19 heavy (non-hydrogen) atoms. The summed E-state index contributed by atoms with van der Waals surface area (Å²) in [6, 6.07) is 0. The minimum Gasteiger partial charge on any atom is -0.342 e. The van der Waals surface area contributed by atoms with E-state index >= 15 is 0 Å². The molecule has 2 N–H and O–H groups in total. The van der Waals surface area contributed by atoms with Crippen LogP contribution < -0.4 is 5.73 Å². The van der Waals surface area contributed by atoms with Crippen molar-refractivity contribution < 1.29 is 4.79 Å². The Labute approximate surface area is 116 Å². The fourth-order valence-electron chi connectivity index (χ4n) is 4.43. The zero-order chi connectivity index (χ0) is 13.3. The van der Waals surface area contributed by atoms with Crippen molar-refractivity contribution in [3.05, 3.63) is 0 Å². The molecule has 0 unspecified atom stereocenters. The second-order valence-corrected chi connectivity index (χ2v) is 7.19. The Morgan fingerprint density at radius 1 is 0.895 bits per heavy atom. The Morgan fingerprint density at radius 2 is 1.53 bits per heavy atom. The van der Waals surface area contributed by atoms with Gasteiger partial charge in [0.2, 0.25) is 5.91 Å². The van der Waals surface area contributed by atoms with Crippen LogP contribution in [0.3, 0.4) is 0 Å². The van der Waals surface area contributed by atoms with Gasteiger partial charge < -0.3 is 10.6 Å². The van der Waals surface area contributed by atoms with Crippen molar-refractivity contribution in [3.63, 3.8) is 0 Å². The molecule has 0 aromatic heterocycles. The number of likely N-dealkylation sites (tertiary alicyclic amines) is 1. The summed E-state index contributed by atoms with van der Waals surface area (Å²) >= 11 is 0. The molecule has 3 nitrogen and oxygen atoms in total. The van der Waals surface area contributed by atoms with Gasteiger partial charge in [-0.3, -0.25) is 4.79 Å². The van der Waals surface area contributed by atoms with Crippen molar-refractivity contribution in [2.75, 3.05) is 19.6 Å². The maximum Gasteiger partial charge on any atom is 0.230 e. The van der Waals surface area contributed by atoms with Gasteiger partial charge in [-0.25, -0.2) is 0 Å². The molecule has 0 bridgehead atoms. The van der Waals surface area contributed by atoms with E-state index in [2.05, 4.69) is 4.90 Å². The van der Waals surface area contributed by atoms with Crippen LogP contribution in [0.25, 0.3) is 0 Å². The quantitative estimate of drug-likeness (QED) is 0.833. The average Bonchev–Trinajstić information content (AvgIpc) is 2.40. The largest absolute Gasteiger partial charge is 0.342 e. The minimum absolute atomic E-state index is 0.170. The predicted molar refractivity (Wildman–Crippen MR) is 76.7 cm³/mol. The number of hydrogen-bond donors (Lipinski definition) is 1. The number of rotatable bonds is 2. The van der Waals surface area contributed by atoms with Gasteiger partial charge in [0, 0.05) is 19.6 Å². The Bertz CT molecular complexity index is 327. The van der Waals surface area contributed by atoms with Crippen molar-refractivity contribution in [2.45, 2.75) is 64.2 Å². The summed E-state index contributed by atoms with van der Waals surface area (Å²) < 4.78 is 0. The van der Waals surface area contributed by atoms with E-state index in [-0.39, 0.29) is 5.41 Å². The van der Waals surface area contributed by atoms with Crippen molar-refractivity contribution in [3.8, 4) is 0 Å². The second-order valence-electron chi connectivity index (χ2n) is 7.19. The molecule has 3 aliphatic rings. The number of hydrogen-bond acceptors (Lipinski definition) is 2. The van der Waals surface area contributed by atoms with Gasteiger partial charge in [-0.2, -0.15) is 0 Å². The first-order chi connectivity index (χ1) is 9.20. The van der Waals surface area contributed by atoms with E-state index in [1.807, 2.05) is 0 Å². The molecule has 1 amide bonds. The number of nitrogens with zero attached hydrogens (tertiary/aromatic N) is 1. The molecule has 1 heterocycles. The Hall–Kier alpha value is -0.570. The number of piperidine rings is 1. The highest BCUT2D eigenvalue weighted by molar-refractivity contribution is 5.84. The third kappa shape index (κ3) is 2.31. The summed E-state index contributed by atoms with van der Waals surface area (Å²) in [6.07, 6.45) is 12.7. The maximum absolute atomic E-state index is 12.7. The van der Waals surface area contributed by atoms with Crippen LogP contribution in [0.15, 0.2) is 0 Å². The summed E-state index contributed by atoms with van der Waals surface area (Å²) in [6.45, 7) is 2.52. The first-order valence-electron chi connectivity index (χ1n) is 8.19. The lowest BCUT2D eigenvalue weighted by atomic mass is 9.65. The van der Waals surface area contributed by atoms with Gasteiger partial charge in [0.1, 0.15) is 0 Å². The molecule has 0 atom stereocenters. The second kappa shape index (κ2) is 5.08. The molecule has 1 spiro atoms. The smallest absolute Gasteiger partial charge is 0.230 e. The molecule has 3 rings (SSSR count). The molecular weight excluding hydrogens is 236 g/mol. The molecular formula is C16H28N2O. The average molecular weight is 264 g/mol. The number of nitrogens with two attached hydrogens (primary N) is 1. The summed E-state index contributed by atoms with van der Waals surface area (Å²) in [7, 11) is 0. The number of carbonyl (C=O) groups excluding carboxylic acids is 1. The topological polar surface area (TPSA) is 46.3 Å². The normalized spacial score (nSPS) is 29.0. The van der Waals surface area contributed by atoms with E-state index in [1.54, 1.807) is 0 Å². The van der Waals surface area contributed by atoms with E-state index in [1.165, 1.54) is 51.4 Å². The van der Waals surface area contributed by atoms with Crippen molar-refractivity contribution in [1.29, 1.82) is 0 Å². The van der Waals surface area contributed by atoms with Crippen molar-refractivity contribution in [1.82, 2.24) is 4.90 Å². The lowest BCUT2D eigenvalue weighted by Crippen LogP contribution is -2.54.